The molecule has 2 rings (SSSR count). The predicted octanol–water partition coefficient (Wildman–Crippen LogP) is 3.71. The first-order valence-electron chi connectivity index (χ1n) is 6.13. The largest absolute Gasteiger partial charge is 0.465 e. The summed E-state index contributed by atoms with van der Waals surface area (Å²) in [5.41, 5.74) is 0.359. The number of ether oxygens (including phenoxy) is 1. The number of carbonyl (C=O) groups is 1. The number of pyridine rings is 1. The Morgan fingerprint density at radius 3 is 2.52 bits per heavy atom. The Morgan fingerprint density at radius 2 is 1.86 bits per heavy atom. The third-order valence-electron chi connectivity index (χ3n) is 2.45. The molecule has 1 aromatic carbocycles. The highest BCUT2D eigenvalue weighted by atomic mass is 35.5. The van der Waals surface area contributed by atoms with Gasteiger partial charge in [0.05, 0.1) is 6.26 Å². The van der Waals surface area contributed by atoms with Crippen molar-refractivity contribution in [1.82, 2.24) is 10.3 Å². The Bertz CT molecular complexity index is 625. The Kier molecular flexibility index (Phi) is 5.60. The molecule has 108 valence electrons. The number of benzene rings is 1. The van der Waals surface area contributed by atoms with E-state index in [1.54, 1.807) is 6.08 Å². The van der Waals surface area contributed by atoms with Crippen LogP contribution >= 0.6 is 23.2 Å². The van der Waals surface area contributed by atoms with Crippen LogP contribution in [0.15, 0.2) is 54.8 Å². The summed E-state index contributed by atoms with van der Waals surface area (Å²) in [6, 6.07) is 12.2. The average molecular weight is 323 g/mol. The number of nitrogens with one attached hydrogen (secondary N) is 1. The van der Waals surface area contributed by atoms with E-state index in [0.717, 1.165) is 5.75 Å². The molecule has 0 atom stereocenters. The van der Waals surface area contributed by atoms with Gasteiger partial charge < -0.3 is 10.1 Å². The van der Waals surface area contributed by atoms with Crippen LogP contribution in [0.3, 0.4) is 0 Å². The van der Waals surface area contributed by atoms with E-state index in [0.29, 0.717) is 12.1 Å². The lowest BCUT2D eigenvalue weighted by molar-refractivity contribution is 0.0958. The van der Waals surface area contributed by atoms with Crippen molar-refractivity contribution in [3.8, 4) is 5.75 Å². The molecular weight excluding hydrogens is 311 g/mol. The fourth-order valence-corrected chi connectivity index (χ4v) is 1.98. The summed E-state index contributed by atoms with van der Waals surface area (Å²) in [6.45, 7) is 0.323. The van der Waals surface area contributed by atoms with Gasteiger partial charge in [0.15, 0.2) is 0 Å². The van der Waals surface area contributed by atoms with E-state index in [-0.39, 0.29) is 16.2 Å². The van der Waals surface area contributed by atoms with E-state index in [1.807, 2.05) is 30.3 Å². The van der Waals surface area contributed by atoms with Crippen molar-refractivity contribution in [2.24, 2.45) is 0 Å². The first kappa shape index (κ1) is 15.4. The van der Waals surface area contributed by atoms with Gasteiger partial charge in [0.2, 0.25) is 0 Å². The summed E-state index contributed by atoms with van der Waals surface area (Å²) in [5.74, 6) is 0.443. The summed E-state index contributed by atoms with van der Waals surface area (Å²) in [5, 5.41) is 3.04. The van der Waals surface area contributed by atoms with Gasteiger partial charge in [-0.3, -0.25) is 4.79 Å². The molecule has 21 heavy (non-hydrogen) atoms. The first-order chi connectivity index (χ1) is 10.1. The quantitative estimate of drug-likeness (QED) is 0.674. The summed E-state index contributed by atoms with van der Waals surface area (Å²) in [4.78, 5) is 15.6. The number of rotatable bonds is 5. The number of amides is 1. The lowest BCUT2D eigenvalue weighted by Crippen LogP contribution is -2.23. The van der Waals surface area contributed by atoms with E-state index in [9.17, 15) is 4.79 Å². The molecule has 0 aliphatic rings. The van der Waals surface area contributed by atoms with Crippen LogP contribution in [0, 0.1) is 0 Å². The van der Waals surface area contributed by atoms with Crippen molar-refractivity contribution in [2.75, 3.05) is 6.54 Å². The number of nitrogens with zero attached hydrogens (tertiary/aromatic N) is 1. The molecule has 1 amide bonds. The maximum atomic E-state index is 11.9. The summed E-state index contributed by atoms with van der Waals surface area (Å²) in [7, 11) is 0. The Labute approximate surface area is 132 Å². The van der Waals surface area contributed by atoms with E-state index >= 15 is 0 Å². The van der Waals surface area contributed by atoms with Gasteiger partial charge in [-0.25, -0.2) is 4.98 Å². The molecule has 2 aromatic rings. The predicted molar refractivity (Wildman–Crippen MR) is 82.8 cm³/mol. The summed E-state index contributed by atoms with van der Waals surface area (Å²) >= 11 is 11.5. The number of hydrogen-bond acceptors (Lipinski definition) is 3. The van der Waals surface area contributed by atoms with Crippen LogP contribution < -0.4 is 10.1 Å². The smallest absolute Gasteiger partial charge is 0.251 e. The number of aromatic nitrogens is 1. The Balaban J connectivity index is 1.81. The number of halogens is 2. The standard InChI is InChI=1S/C15H12Cl2N2O2/c16-13-9-11(10-14(17)19-13)15(20)18-7-4-8-21-12-5-2-1-3-6-12/h1-6,8-10H,7H2,(H,18,20). The highest BCUT2D eigenvalue weighted by Crippen LogP contribution is 2.14. The van der Waals surface area contributed by atoms with E-state index < -0.39 is 0 Å². The highest BCUT2D eigenvalue weighted by molar-refractivity contribution is 6.33. The molecule has 0 spiro atoms. The first-order valence-corrected chi connectivity index (χ1v) is 6.89. The molecule has 1 heterocycles. The molecule has 1 aromatic heterocycles. The van der Waals surface area contributed by atoms with E-state index in [2.05, 4.69) is 10.3 Å². The van der Waals surface area contributed by atoms with Gasteiger partial charge in [-0.15, -0.1) is 0 Å². The monoisotopic (exact) mass is 322 g/mol. The number of para-hydroxylation sites is 1. The van der Waals surface area contributed by atoms with Crippen LogP contribution in [0.1, 0.15) is 10.4 Å². The molecule has 0 unspecified atom stereocenters. The van der Waals surface area contributed by atoms with E-state index in [1.165, 1.54) is 18.4 Å². The van der Waals surface area contributed by atoms with Crippen molar-refractivity contribution >= 4 is 29.1 Å². The van der Waals surface area contributed by atoms with Crippen molar-refractivity contribution in [1.29, 1.82) is 0 Å². The van der Waals surface area contributed by atoms with Gasteiger partial charge in [0.25, 0.3) is 5.91 Å². The second-order valence-corrected chi connectivity index (χ2v) is 4.79. The molecule has 6 heteroatoms. The molecule has 4 nitrogen and oxygen atoms in total. The van der Waals surface area contributed by atoms with E-state index in [4.69, 9.17) is 27.9 Å². The Morgan fingerprint density at radius 1 is 1.19 bits per heavy atom. The number of carbonyl (C=O) groups excluding carboxylic acids is 1. The summed E-state index contributed by atoms with van der Waals surface area (Å²) < 4.78 is 5.35. The van der Waals surface area contributed by atoms with Crippen molar-refractivity contribution in [3.05, 3.63) is 70.7 Å². The molecule has 1 N–H and O–H groups in total. The maximum Gasteiger partial charge on any atom is 0.251 e. The average Bonchev–Trinajstić information content (AvgIpc) is 2.47. The molecule has 0 aliphatic carbocycles. The van der Waals surface area contributed by atoms with Gasteiger partial charge in [0, 0.05) is 12.1 Å². The normalized spacial score (nSPS) is 10.6. The fraction of sp³-hybridized carbons (Fsp3) is 0.0667. The fourth-order valence-electron chi connectivity index (χ4n) is 1.52. The van der Waals surface area contributed by atoms with Crippen LogP contribution in [0.25, 0.3) is 0 Å². The minimum atomic E-state index is -0.287. The zero-order valence-electron chi connectivity index (χ0n) is 10.9. The van der Waals surface area contributed by atoms with Gasteiger partial charge >= 0.3 is 0 Å². The van der Waals surface area contributed by atoms with Crippen LogP contribution in [0.4, 0.5) is 0 Å². The topological polar surface area (TPSA) is 51.2 Å². The van der Waals surface area contributed by atoms with Crippen molar-refractivity contribution in [2.45, 2.75) is 0 Å². The van der Waals surface area contributed by atoms with Crippen molar-refractivity contribution < 1.29 is 9.53 Å². The molecule has 0 bridgehead atoms. The van der Waals surface area contributed by atoms with Gasteiger partial charge in [-0.1, -0.05) is 41.4 Å². The molecular formula is C15H12Cl2N2O2. The second-order valence-electron chi connectivity index (χ2n) is 4.01. The lowest BCUT2D eigenvalue weighted by Gasteiger charge is -2.03. The molecule has 0 saturated heterocycles. The van der Waals surface area contributed by atoms with Crippen LogP contribution in [0.2, 0.25) is 10.3 Å². The molecule has 0 aliphatic heterocycles. The minimum Gasteiger partial charge on any atom is -0.465 e. The van der Waals surface area contributed by atoms with Crippen LogP contribution in [0.5, 0.6) is 5.75 Å². The SMILES string of the molecule is O=C(NCC=COc1ccccc1)c1cc(Cl)nc(Cl)c1. The maximum absolute atomic E-state index is 11.9. The zero-order valence-corrected chi connectivity index (χ0v) is 12.4. The highest BCUT2D eigenvalue weighted by Gasteiger charge is 2.07. The van der Waals surface area contributed by atoms with Crippen molar-refractivity contribution in [3.63, 3.8) is 0 Å². The van der Waals surface area contributed by atoms with Gasteiger partial charge in [-0.2, -0.15) is 0 Å². The third kappa shape index (κ3) is 5.10. The summed E-state index contributed by atoms with van der Waals surface area (Å²) in [6.07, 6.45) is 3.21. The lowest BCUT2D eigenvalue weighted by atomic mass is 10.2. The van der Waals surface area contributed by atoms with Crippen LogP contribution in [-0.2, 0) is 0 Å². The zero-order chi connectivity index (χ0) is 15.1. The van der Waals surface area contributed by atoms with Gasteiger partial charge in [0.1, 0.15) is 16.1 Å². The molecule has 0 saturated carbocycles. The van der Waals surface area contributed by atoms with Gasteiger partial charge in [-0.05, 0) is 30.3 Å². The molecule has 0 fully saturated rings. The second kappa shape index (κ2) is 7.67. The molecule has 0 radical (unpaired) electrons. The Hall–Kier alpha value is -2.04. The van der Waals surface area contributed by atoms with Crippen LogP contribution in [-0.4, -0.2) is 17.4 Å². The number of hydrogen-bond donors (Lipinski definition) is 1. The minimum absolute atomic E-state index is 0.176. The third-order valence-corrected chi connectivity index (χ3v) is 2.84.